The number of alkyl halides is 1. The number of nitrogens with one attached hydrogen (secondary N) is 1. The molecule has 5 aromatic rings. The number of halogens is 3. The highest BCUT2D eigenvalue weighted by atomic mass is 19.1. The van der Waals surface area contributed by atoms with Gasteiger partial charge < -0.3 is 20.1 Å². The van der Waals surface area contributed by atoms with Gasteiger partial charge in [-0.25, -0.2) is 13.2 Å². The van der Waals surface area contributed by atoms with Gasteiger partial charge in [-0.15, -0.1) is 13.0 Å². The number of aryl methyl sites for hydroxylation is 1. The first kappa shape index (κ1) is 31.1. The Morgan fingerprint density at radius 1 is 1.18 bits per heavy atom. The Hall–Kier alpha value is -4.86. The quantitative estimate of drug-likeness (QED) is 0.173. The van der Waals surface area contributed by atoms with E-state index in [1.807, 2.05) is 6.08 Å². The van der Waals surface area contributed by atoms with E-state index in [9.17, 15) is 9.50 Å². The van der Waals surface area contributed by atoms with E-state index in [4.69, 9.17) is 26.2 Å². The van der Waals surface area contributed by atoms with Crippen molar-refractivity contribution in [2.24, 2.45) is 7.05 Å². The van der Waals surface area contributed by atoms with Crippen LogP contribution in [-0.2, 0) is 7.05 Å². The molecular weight excluding hydrogens is 643 g/mol. The van der Waals surface area contributed by atoms with E-state index in [1.165, 1.54) is 24.3 Å². The molecule has 0 aliphatic carbocycles. The summed E-state index contributed by atoms with van der Waals surface area (Å²) in [6.45, 7) is 6.63. The number of anilines is 1. The van der Waals surface area contributed by atoms with Gasteiger partial charge in [0.1, 0.15) is 41.2 Å². The van der Waals surface area contributed by atoms with Crippen LogP contribution in [0.25, 0.3) is 43.7 Å². The maximum atomic E-state index is 17.6. The van der Waals surface area contributed by atoms with Gasteiger partial charge in [0, 0.05) is 61.7 Å². The number of aromatic hydroxyl groups is 1. The van der Waals surface area contributed by atoms with Gasteiger partial charge in [-0.3, -0.25) is 9.58 Å². The first-order valence-corrected chi connectivity index (χ1v) is 17.1. The van der Waals surface area contributed by atoms with Crippen LogP contribution in [0, 0.1) is 24.0 Å². The number of hydrogen-bond donors (Lipinski definition) is 2. The minimum atomic E-state index is -0.938. The Balaban J connectivity index is 1.30. The third-order valence-corrected chi connectivity index (χ3v) is 11.4. The number of phenols is 1. The zero-order chi connectivity index (χ0) is 34.5. The lowest BCUT2D eigenvalue weighted by atomic mass is 9.91. The fourth-order valence-electron chi connectivity index (χ4n) is 9.17. The number of rotatable bonds is 6. The summed E-state index contributed by atoms with van der Waals surface area (Å²) in [7, 11) is 1.74. The normalized spacial score (nSPS) is 26.3. The van der Waals surface area contributed by atoms with Crippen LogP contribution in [-0.4, -0.2) is 85.8 Å². The van der Waals surface area contributed by atoms with Gasteiger partial charge in [-0.05, 0) is 61.4 Å². The second-order valence-corrected chi connectivity index (χ2v) is 14.5. The van der Waals surface area contributed by atoms with Gasteiger partial charge in [-0.2, -0.15) is 15.1 Å². The molecule has 2 N–H and O–H groups in total. The molecule has 4 saturated heterocycles. The van der Waals surface area contributed by atoms with Crippen LogP contribution in [0.1, 0.15) is 37.7 Å². The van der Waals surface area contributed by atoms with Crippen LogP contribution in [0.15, 0.2) is 43.1 Å². The van der Waals surface area contributed by atoms with Crippen molar-refractivity contribution in [3.8, 4) is 35.2 Å². The van der Waals surface area contributed by atoms with Crippen LogP contribution in [0.3, 0.4) is 0 Å². The number of phenolic OH excluding ortho intramolecular Hbond substituents is 1. The predicted octanol–water partition coefficient (Wildman–Crippen LogP) is 5.75. The van der Waals surface area contributed by atoms with Gasteiger partial charge >= 0.3 is 6.01 Å². The highest BCUT2D eigenvalue weighted by Gasteiger charge is 2.49. The fourth-order valence-corrected chi connectivity index (χ4v) is 9.17. The second-order valence-electron chi connectivity index (χ2n) is 14.5. The van der Waals surface area contributed by atoms with Crippen LogP contribution < -0.4 is 15.0 Å². The topological polar surface area (TPSA) is 91.6 Å². The highest BCUT2D eigenvalue weighted by molar-refractivity contribution is 6.18. The summed E-state index contributed by atoms with van der Waals surface area (Å²) in [6, 6.07) is 5.73. The molecule has 4 atom stereocenters. The molecule has 0 saturated carbocycles. The van der Waals surface area contributed by atoms with E-state index in [0.29, 0.717) is 48.0 Å². The first-order valence-electron chi connectivity index (χ1n) is 17.1. The summed E-state index contributed by atoms with van der Waals surface area (Å²) >= 11 is 0. The number of fused-ring (bicyclic) bond motifs is 7. The Labute approximate surface area is 286 Å². The summed E-state index contributed by atoms with van der Waals surface area (Å²) < 4.78 is 55.4. The largest absolute Gasteiger partial charge is 0.508 e. The van der Waals surface area contributed by atoms with Gasteiger partial charge in [0.25, 0.3) is 0 Å². The van der Waals surface area contributed by atoms with Crippen molar-refractivity contribution in [2.75, 3.05) is 37.7 Å². The number of aromatic nitrogens is 4. The van der Waals surface area contributed by atoms with E-state index in [1.54, 1.807) is 17.9 Å². The molecule has 0 radical (unpaired) electrons. The minimum absolute atomic E-state index is 0.00949. The van der Waals surface area contributed by atoms with Crippen molar-refractivity contribution >= 4 is 38.4 Å². The highest BCUT2D eigenvalue weighted by Crippen LogP contribution is 2.46. The molecule has 3 aromatic carbocycles. The van der Waals surface area contributed by atoms with E-state index in [-0.39, 0.29) is 63.1 Å². The van der Waals surface area contributed by atoms with Crippen LogP contribution in [0.4, 0.5) is 19.0 Å². The molecular formula is C38H36F3N7O2. The summed E-state index contributed by atoms with van der Waals surface area (Å²) in [6.07, 6.45) is 12.6. The Kier molecular flexibility index (Phi) is 6.90. The van der Waals surface area contributed by atoms with Crippen molar-refractivity contribution < 1.29 is 23.0 Å². The molecule has 0 amide bonds. The number of benzene rings is 3. The fraction of sp³-hybridized carbons (Fsp3) is 0.395. The van der Waals surface area contributed by atoms with E-state index < -0.39 is 23.3 Å². The van der Waals surface area contributed by atoms with Gasteiger partial charge in [-0.1, -0.05) is 18.1 Å². The minimum Gasteiger partial charge on any atom is -0.508 e. The van der Waals surface area contributed by atoms with Crippen LogP contribution >= 0.6 is 0 Å². The molecule has 6 heterocycles. The molecule has 2 bridgehead atoms. The van der Waals surface area contributed by atoms with Crippen LogP contribution in [0.2, 0.25) is 0 Å². The molecule has 0 unspecified atom stereocenters. The summed E-state index contributed by atoms with van der Waals surface area (Å²) in [5.41, 5.74) is -0.380. The zero-order valence-electron chi connectivity index (χ0n) is 27.6. The molecule has 256 valence electrons. The summed E-state index contributed by atoms with van der Waals surface area (Å²) in [4.78, 5) is 14.0. The van der Waals surface area contributed by atoms with Gasteiger partial charge in [0.2, 0.25) is 0 Å². The summed E-state index contributed by atoms with van der Waals surface area (Å²) in [5, 5.41) is 21.0. The van der Waals surface area contributed by atoms with E-state index >= 15 is 8.78 Å². The monoisotopic (exact) mass is 679 g/mol. The number of piperazine rings is 1. The van der Waals surface area contributed by atoms with E-state index in [2.05, 4.69) is 27.6 Å². The third kappa shape index (κ3) is 4.59. The van der Waals surface area contributed by atoms with Crippen molar-refractivity contribution in [3.63, 3.8) is 0 Å². The average molecular weight is 680 g/mol. The van der Waals surface area contributed by atoms with E-state index in [0.717, 1.165) is 32.2 Å². The Morgan fingerprint density at radius 3 is 2.86 bits per heavy atom. The molecule has 4 aliphatic rings. The molecule has 0 spiro atoms. The molecule has 9 rings (SSSR count). The zero-order valence-corrected chi connectivity index (χ0v) is 27.6. The maximum absolute atomic E-state index is 17.6. The van der Waals surface area contributed by atoms with Crippen LogP contribution in [0.5, 0.6) is 11.8 Å². The smallest absolute Gasteiger partial charge is 0.319 e. The number of nitrogens with zero attached hydrogens (tertiary/aromatic N) is 6. The van der Waals surface area contributed by atoms with Crippen molar-refractivity contribution in [1.29, 1.82) is 0 Å². The third-order valence-electron chi connectivity index (χ3n) is 11.4. The molecule has 4 aliphatic heterocycles. The first-order chi connectivity index (χ1) is 24.1. The van der Waals surface area contributed by atoms with Crippen molar-refractivity contribution in [3.05, 3.63) is 60.3 Å². The molecule has 50 heavy (non-hydrogen) atoms. The standard InChI is InChI=1S/C38H36F3N7O2/c1-4-25-28(40)8-7-21-13-24(49)14-26(29(21)25)30-32(41)34-31(27-18-46(3)45-33(27)30)35(47-17-23-9-11-37(5-2,19-47)44-23)43-36(42-34)50-20-38-10-6-12-48(38)16-22(39)15-38/h1,5,7-8,13-14,18,22-23,44,49H,2,6,9-12,15-17,19-20H2,3H3/t22-,23+,37-,38+/m1/s1. The number of ether oxygens (including phenoxy) is 1. The second kappa shape index (κ2) is 11.1. The Morgan fingerprint density at radius 2 is 2.04 bits per heavy atom. The number of hydrogen-bond acceptors (Lipinski definition) is 8. The van der Waals surface area contributed by atoms with Crippen molar-refractivity contribution in [2.45, 2.75) is 55.4 Å². The maximum Gasteiger partial charge on any atom is 0.319 e. The van der Waals surface area contributed by atoms with Crippen molar-refractivity contribution in [1.82, 2.24) is 30.0 Å². The van der Waals surface area contributed by atoms with Gasteiger partial charge in [0.15, 0.2) is 5.82 Å². The lowest BCUT2D eigenvalue weighted by Gasteiger charge is -2.40. The Bertz CT molecular complexity index is 2300. The molecule has 12 heteroatoms. The predicted molar refractivity (Wildman–Crippen MR) is 186 cm³/mol. The average Bonchev–Trinajstić information content (AvgIpc) is 3.84. The molecule has 4 fully saturated rings. The number of terminal acetylenes is 1. The van der Waals surface area contributed by atoms with Gasteiger partial charge in [0.05, 0.1) is 22.0 Å². The molecule has 2 aromatic heterocycles. The molecule has 9 nitrogen and oxygen atoms in total. The lowest BCUT2D eigenvalue weighted by molar-refractivity contribution is 0.107. The summed E-state index contributed by atoms with van der Waals surface area (Å²) in [5.74, 6) is 1.40. The SMILES string of the molecule is C#Cc1c(F)ccc2cc(O)cc(-c3c(F)c4nc(OC[C@@]56CCCN5C[C@H](F)C6)nc(N5C[C@@H]6CC[C@](C=C)(C5)N6)c4c4cn(C)nc34)c12. The lowest BCUT2D eigenvalue weighted by Crippen LogP contribution is -2.58.